The van der Waals surface area contributed by atoms with Gasteiger partial charge in [-0.15, -0.1) is 0 Å². The Morgan fingerprint density at radius 3 is 1.85 bits per heavy atom. The number of carbonyl (C=O) groups is 2. The van der Waals surface area contributed by atoms with E-state index in [2.05, 4.69) is 6.08 Å². The first-order chi connectivity index (χ1) is 16.3. The van der Waals surface area contributed by atoms with Gasteiger partial charge in [-0.1, -0.05) is 76.0 Å². The van der Waals surface area contributed by atoms with Gasteiger partial charge in [0.1, 0.15) is 0 Å². The molecule has 2 amide bonds. The third kappa shape index (κ3) is 6.13. The fourth-order valence-corrected chi connectivity index (χ4v) is 5.23. The van der Waals surface area contributed by atoms with E-state index in [0.29, 0.717) is 17.7 Å². The lowest BCUT2D eigenvalue weighted by molar-refractivity contribution is 0.00173. The zero-order valence-corrected chi connectivity index (χ0v) is 20.1. The highest BCUT2D eigenvalue weighted by atomic mass is 16.2. The Morgan fingerprint density at radius 2 is 1.18 bits per heavy atom. The smallest absolute Gasteiger partial charge is 0.267 e. The highest BCUT2D eigenvalue weighted by Crippen LogP contribution is 2.27. The fraction of sp³-hybridized carbons (Fsp3) is 0.607. The number of fused-ring (bicyclic) bond motifs is 1. The van der Waals surface area contributed by atoms with Crippen LogP contribution in [-0.2, 0) is 0 Å². The van der Waals surface area contributed by atoms with E-state index in [9.17, 15) is 9.59 Å². The monoisotopic (exact) mass is 449 g/mol. The van der Waals surface area contributed by atoms with Gasteiger partial charge < -0.3 is 0 Å². The summed E-state index contributed by atoms with van der Waals surface area (Å²) in [5, 5.41) is 8.09. The molecule has 1 aromatic carbocycles. The minimum absolute atomic E-state index is 0.245. The van der Waals surface area contributed by atoms with Gasteiger partial charge in [0.2, 0.25) is 0 Å². The van der Waals surface area contributed by atoms with Crippen molar-refractivity contribution in [2.45, 2.75) is 103 Å². The normalized spacial score (nSPS) is 25.2. The van der Waals surface area contributed by atoms with Crippen molar-refractivity contribution >= 4 is 17.5 Å². The molecule has 0 saturated heterocycles. The van der Waals surface area contributed by atoms with E-state index < -0.39 is 0 Å². The number of rotatable bonds is 2. The Hall–Kier alpha value is -2.43. The van der Waals surface area contributed by atoms with Gasteiger partial charge in [0.05, 0.1) is 23.4 Å². The average molecular weight is 450 g/mol. The number of hydrazine groups is 1. The molecule has 178 valence electrons. The van der Waals surface area contributed by atoms with Crippen molar-refractivity contribution in [3.05, 3.63) is 47.0 Å². The largest absolute Gasteiger partial charge is 0.281 e. The van der Waals surface area contributed by atoms with E-state index in [1.165, 1.54) is 74.8 Å². The van der Waals surface area contributed by atoms with Crippen molar-refractivity contribution in [2.24, 2.45) is 5.10 Å². The lowest BCUT2D eigenvalue weighted by Crippen LogP contribution is -2.44. The minimum Gasteiger partial charge on any atom is -0.267 e. The van der Waals surface area contributed by atoms with Crippen molar-refractivity contribution in [1.82, 2.24) is 10.1 Å². The second-order valence-corrected chi connectivity index (χ2v) is 9.72. The summed E-state index contributed by atoms with van der Waals surface area (Å²) in [5.74, 6) is -0.491. The van der Waals surface area contributed by atoms with Crippen molar-refractivity contribution < 1.29 is 9.59 Å². The average Bonchev–Trinajstić information content (AvgIpc) is 3.04. The van der Waals surface area contributed by atoms with E-state index in [-0.39, 0.29) is 11.8 Å². The summed E-state index contributed by atoms with van der Waals surface area (Å²) in [6.45, 7) is 0.599. The summed E-state index contributed by atoms with van der Waals surface area (Å²) in [7, 11) is 0. The van der Waals surface area contributed by atoms with Gasteiger partial charge >= 0.3 is 0 Å². The zero-order chi connectivity index (χ0) is 22.9. The van der Waals surface area contributed by atoms with Crippen LogP contribution in [0.3, 0.4) is 0 Å². The lowest BCUT2D eigenvalue weighted by Gasteiger charge is -2.28. The predicted octanol–water partition coefficient (Wildman–Crippen LogP) is 7.05. The first-order valence-corrected chi connectivity index (χ1v) is 13.3. The molecule has 0 radical (unpaired) electrons. The Morgan fingerprint density at radius 1 is 0.636 bits per heavy atom. The van der Waals surface area contributed by atoms with E-state index in [1.54, 1.807) is 17.3 Å². The molecule has 0 saturated carbocycles. The van der Waals surface area contributed by atoms with Gasteiger partial charge in [-0.2, -0.15) is 15.2 Å². The molecule has 3 aliphatic rings. The van der Waals surface area contributed by atoms with Crippen LogP contribution in [0.2, 0.25) is 0 Å². The van der Waals surface area contributed by atoms with Crippen molar-refractivity contribution in [2.75, 3.05) is 6.54 Å². The summed E-state index contributed by atoms with van der Waals surface area (Å²) >= 11 is 0. The maximum atomic E-state index is 13.2. The molecule has 0 bridgehead atoms. The number of benzene rings is 1. The van der Waals surface area contributed by atoms with Crippen LogP contribution in [0.5, 0.6) is 0 Å². The van der Waals surface area contributed by atoms with E-state index in [4.69, 9.17) is 5.10 Å². The van der Waals surface area contributed by atoms with Crippen LogP contribution in [0, 0.1) is 0 Å². The summed E-state index contributed by atoms with van der Waals surface area (Å²) in [4.78, 5) is 26.4. The number of hydrazone groups is 1. The highest BCUT2D eigenvalue weighted by molar-refractivity contribution is 6.21. The standard InChI is InChI=1S/C28H39N3O2/c32-27-24-19-14-15-20-25(24)28(33)31(27)30-22-16-10-6-5-9-13-21-26(29-30)23-17-11-7-3-1-2-4-8-12-18-23/h14-15,17,19-20H,1-13,16,18,21-22H2/b23-17+,29-26+. The lowest BCUT2D eigenvalue weighted by atomic mass is 9.97. The molecule has 1 aromatic rings. The first kappa shape index (κ1) is 23.7. The zero-order valence-electron chi connectivity index (χ0n) is 20.1. The van der Waals surface area contributed by atoms with Crippen molar-refractivity contribution in [3.8, 4) is 0 Å². The molecular formula is C28H39N3O2. The molecule has 1 aliphatic carbocycles. The Kier molecular flexibility index (Phi) is 8.73. The number of carbonyl (C=O) groups excluding carboxylic acids is 2. The second-order valence-electron chi connectivity index (χ2n) is 9.72. The van der Waals surface area contributed by atoms with Crippen LogP contribution in [0.25, 0.3) is 0 Å². The Bertz CT molecular complexity index is 854. The third-order valence-corrected chi connectivity index (χ3v) is 7.17. The molecule has 0 N–H and O–H groups in total. The van der Waals surface area contributed by atoms with Crippen LogP contribution in [-0.4, -0.2) is 34.2 Å². The SMILES string of the molecule is O=C1c2ccccc2C(=O)N1N1CCCCCCCCC(/C2=C/CCCCCCCCC2)=N\1. The first-order valence-electron chi connectivity index (χ1n) is 13.3. The molecule has 5 nitrogen and oxygen atoms in total. The Labute approximate surface area is 198 Å². The minimum atomic E-state index is -0.245. The molecule has 0 fully saturated rings. The molecule has 0 atom stereocenters. The topological polar surface area (TPSA) is 53.0 Å². The third-order valence-electron chi connectivity index (χ3n) is 7.17. The molecule has 33 heavy (non-hydrogen) atoms. The predicted molar refractivity (Wildman–Crippen MR) is 133 cm³/mol. The number of allylic oxidation sites excluding steroid dienone is 2. The maximum Gasteiger partial charge on any atom is 0.281 e. The molecule has 0 aromatic heterocycles. The van der Waals surface area contributed by atoms with Crippen LogP contribution < -0.4 is 0 Å². The van der Waals surface area contributed by atoms with Crippen LogP contribution >= 0.6 is 0 Å². The second kappa shape index (κ2) is 12.2. The van der Waals surface area contributed by atoms with Crippen molar-refractivity contribution in [3.63, 3.8) is 0 Å². The molecule has 2 aliphatic heterocycles. The van der Waals surface area contributed by atoms with Gasteiger partial charge in [-0.3, -0.25) is 9.59 Å². The van der Waals surface area contributed by atoms with Crippen LogP contribution in [0.1, 0.15) is 123 Å². The number of nitrogens with zero attached hydrogens (tertiary/aromatic N) is 3. The maximum absolute atomic E-state index is 13.2. The van der Waals surface area contributed by atoms with Gasteiger partial charge in [0.15, 0.2) is 0 Å². The fourth-order valence-electron chi connectivity index (χ4n) is 5.23. The molecular weight excluding hydrogens is 410 g/mol. The Balaban J connectivity index is 1.64. The number of hydrogen-bond acceptors (Lipinski definition) is 4. The quantitative estimate of drug-likeness (QED) is 0.455. The summed E-state index contributed by atoms with van der Waals surface area (Å²) in [6, 6.07) is 7.14. The molecule has 2 heterocycles. The van der Waals surface area contributed by atoms with Gasteiger partial charge in [-0.25, -0.2) is 0 Å². The number of amides is 2. The van der Waals surface area contributed by atoms with Crippen LogP contribution in [0.15, 0.2) is 41.0 Å². The van der Waals surface area contributed by atoms with Crippen molar-refractivity contribution in [1.29, 1.82) is 0 Å². The van der Waals surface area contributed by atoms with Gasteiger partial charge in [0, 0.05) is 0 Å². The summed E-state index contributed by atoms with van der Waals surface area (Å²) in [6.07, 6.45) is 21.3. The highest BCUT2D eigenvalue weighted by Gasteiger charge is 2.39. The molecule has 4 rings (SSSR count). The number of hydrogen-bond donors (Lipinski definition) is 0. The van der Waals surface area contributed by atoms with Gasteiger partial charge in [-0.05, 0) is 62.7 Å². The van der Waals surface area contributed by atoms with Crippen LogP contribution in [0.4, 0.5) is 0 Å². The van der Waals surface area contributed by atoms with E-state index in [0.717, 1.165) is 44.2 Å². The number of imide groups is 1. The molecule has 0 unspecified atom stereocenters. The summed E-state index contributed by atoms with van der Waals surface area (Å²) in [5.41, 5.74) is 3.41. The molecule has 5 heteroatoms. The van der Waals surface area contributed by atoms with E-state index >= 15 is 0 Å². The van der Waals surface area contributed by atoms with Gasteiger partial charge in [0.25, 0.3) is 11.8 Å². The summed E-state index contributed by atoms with van der Waals surface area (Å²) < 4.78 is 0. The molecule has 0 spiro atoms. The van der Waals surface area contributed by atoms with E-state index in [1.807, 2.05) is 12.1 Å².